The first-order valence-corrected chi connectivity index (χ1v) is 6.88. The van der Waals surface area contributed by atoms with Crippen molar-refractivity contribution in [3.63, 3.8) is 0 Å². The minimum Gasteiger partial charge on any atom is -0.394 e. The van der Waals surface area contributed by atoms with Gasteiger partial charge in [-0.3, -0.25) is 0 Å². The van der Waals surface area contributed by atoms with E-state index in [-0.39, 0.29) is 12.6 Å². The second-order valence-corrected chi connectivity index (χ2v) is 5.62. The van der Waals surface area contributed by atoms with Crippen molar-refractivity contribution in [2.24, 2.45) is 0 Å². The number of hydrogen-bond acceptors (Lipinski definition) is 6. The zero-order chi connectivity index (χ0) is 13.6. The van der Waals surface area contributed by atoms with E-state index >= 15 is 0 Å². The Morgan fingerprint density at radius 1 is 1.53 bits per heavy atom. The highest BCUT2D eigenvalue weighted by Gasteiger charge is 2.37. The summed E-state index contributed by atoms with van der Waals surface area (Å²) in [4.78, 5) is 8.20. The Bertz CT molecular complexity index is 617. The molecule has 1 aliphatic heterocycles. The van der Waals surface area contributed by atoms with Gasteiger partial charge in [0.15, 0.2) is 0 Å². The quantitative estimate of drug-likeness (QED) is 0.633. The van der Waals surface area contributed by atoms with E-state index in [1.165, 1.54) is 6.33 Å². The van der Waals surface area contributed by atoms with Gasteiger partial charge in [0, 0.05) is 9.77 Å². The average Bonchev–Trinajstić information content (AvgIpc) is 2.91. The standard InChI is InChI=1S/C11H13IN4O3/c12-5-1-16(6-3-19-7(2-17)9(6)18)11-8(5)10(13)14-4-15-11/h1,4,6-7,9,17-18H,2-3H2,(H2,13,14,15)/t6-,7-,9+/m1/s1. The van der Waals surface area contributed by atoms with E-state index in [9.17, 15) is 5.11 Å². The van der Waals surface area contributed by atoms with Crippen molar-refractivity contribution in [3.05, 3.63) is 16.1 Å². The van der Waals surface area contributed by atoms with E-state index in [2.05, 4.69) is 32.6 Å². The van der Waals surface area contributed by atoms with Crippen LogP contribution in [0.25, 0.3) is 11.0 Å². The fourth-order valence-corrected chi connectivity index (χ4v) is 3.21. The molecule has 3 atom stereocenters. The lowest BCUT2D eigenvalue weighted by Crippen LogP contribution is -2.30. The van der Waals surface area contributed by atoms with Crippen molar-refractivity contribution in [2.45, 2.75) is 18.2 Å². The maximum Gasteiger partial charge on any atom is 0.147 e. The van der Waals surface area contributed by atoms with Gasteiger partial charge in [0.1, 0.15) is 30.0 Å². The molecule has 0 bridgehead atoms. The fourth-order valence-electron chi connectivity index (χ4n) is 2.39. The lowest BCUT2D eigenvalue weighted by atomic mass is 10.1. The van der Waals surface area contributed by atoms with E-state index in [0.717, 1.165) is 8.96 Å². The normalized spacial score (nSPS) is 27.2. The summed E-state index contributed by atoms with van der Waals surface area (Å²) in [6.45, 7) is 0.126. The molecule has 0 amide bonds. The van der Waals surface area contributed by atoms with Crippen LogP contribution >= 0.6 is 22.6 Å². The molecule has 1 fully saturated rings. The maximum atomic E-state index is 10.2. The molecule has 3 rings (SSSR count). The lowest BCUT2D eigenvalue weighted by molar-refractivity contribution is 0.00207. The van der Waals surface area contributed by atoms with Crippen LogP contribution in [-0.2, 0) is 4.74 Å². The molecule has 7 nitrogen and oxygen atoms in total. The molecule has 4 N–H and O–H groups in total. The number of ether oxygens (including phenoxy) is 1. The number of nitrogens with two attached hydrogens (primary N) is 1. The fraction of sp³-hybridized carbons (Fsp3) is 0.455. The number of aliphatic hydroxyl groups excluding tert-OH is 2. The first kappa shape index (κ1) is 13.0. The number of rotatable bonds is 2. The highest BCUT2D eigenvalue weighted by molar-refractivity contribution is 14.1. The van der Waals surface area contributed by atoms with E-state index in [1.54, 1.807) is 0 Å². The smallest absolute Gasteiger partial charge is 0.147 e. The Morgan fingerprint density at radius 2 is 2.32 bits per heavy atom. The van der Waals surface area contributed by atoms with Gasteiger partial charge < -0.3 is 25.3 Å². The van der Waals surface area contributed by atoms with Crippen LogP contribution < -0.4 is 5.73 Å². The van der Waals surface area contributed by atoms with Crippen LogP contribution in [0.1, 0.15) is 6.04 Å². The second kappa shape index (κ2) is 4.85. The zero-order valence-electron chi connectivity index (χ0n) is 9.90. The highest BCUT2D eigenvalue weighted by atomic mass is 127. The third-order valence-corrected chi connectivity index (χ3v) is 4.20. The van der Waals surface area contributed by atoms with Gasteiger partial charge in [-0.15, -0.1) is 0 Å². The summed E-state index contributed by atoms with van der Waals surface area (Å²) in [7, 11) is 0. The number of nitrogens with zero attached hydrogens (tertiary/aromatic N) is 3. The van der Waals surface area contributed by atoms with Crippen molar-refractivity contribution >= 4 is 39.4 Å². The number of halogens is 1. The van der Waals surface area contributed by atoms with Gasteiger partial charge in [-0.1, -0.05) is 0 Å². The van der Waals surface area contributed by atoms with Gasteiger partial charge in [0.2, 0.25) is 0 Å². The van der Waals surface area contributed by atoms with Crippen molar-refractivity contribution in [2.75, 3.05) is 18.9 Å². The molecule has 0 aromatic carbocycles. The number of aromatic nitrogens is 3. The summed E-state index contributed by atoms with van der Waals surface area (Å²) < 4.78 is 8.14. The largest absolute Gasteiger partial charge is 0.394 e. The Labute approximate surface area is 122 Å². The molecule has 1 aliphatic rings. The molecular formula is C11H13IN4O3. The molecule has 3 heterocycles. The molecule has 8 heteroatoms. The minimum atomic E-state index is -0.771. The second-order valence-electron chi connectivity index (χ2n) is 4.45. The molecule has 0 radical (unpaired) electrons. The van der Waals surface area contributed by atoms with Crippen molar-refractivity contribution in [1.82, 2.24) is 14.5 Å². The predicted molar refractivity (Wildman–Crippen MR) is 76.5 cm³/mol. The Hall–Kier alpha value is -0.970. The highest BCUT2D eigenvalue weighted by Crippen LogP contribution is 2.32. The lowest BCUT2D eigenvalue weighted by Gasteiger charge is -2.17. The average molecular weight is 376 g/mol. The van der Waals surface area contributed by atoms with E-state index in [4.69, 9.17) is 15.6 Å². The van der Waals surface area contributed by atoms with Crippen LogP contribution in [0.3, 0.4) is 0 Å². The van der Waals surface area contributed by atoms with Crippen molar-refractivity contribution < 1.29 is 14.9 Å². The van der Waals surface area contributed by atoms with Gasteiger partial charge in [-0.2, -0.15) is 0 Å². The Kier molecular flexibility index (Phi) is 3.33. The number of hydrogen-bond donors (Lipinski definition) is 3. The van der Waals surface area contributed by atoms with Crippen LogP contribution in [0, 0.1) is 3.57 Å². The summed E-state index contributed by atoms with van der Waals surface area (Å²) >= 11 is 2.16. The third-order valence-electron chi connectivity index (χ3n) is 3.39. The van der Waals surface area contributed by atoms with E-state index in [0.29, 0.717) is 18.1 Å². The van der Waals surface area contributed by atoms with E-state index < -0.39 is 12.2 Å². The first-order valence-electron chi connectivity index (χ1n) is 5.80. The molecule has 19 heavy (non-hydrogen) atoms. The van der Waals surface area contributed by atoms with Crippen LogP contribution in [0.5, 0.6) is 0 Å². The summed E-state index contributed by atoms with van der Waals surface area (Å²) in [6, 6.07) is -0.280. The zero-order valence-corrected chi connectivity index (χ0v) is 12.1. The summed E-state index contributed by atoms with van der Waals surface area (Å²) in [6.07, 6.45) is 1.94. The molecular weight excluding hydrogens is 363 g/mol. The molecule has 2 aromatic rings. The summed E-state index contributed by atoms with van der Waals surface area (Å²) in [5, 5.41) is 20.1. The molecule has 0 spiro atoms. The SMILES string of the molecule is Nc1ncnc2c1c(I)cn2[C@@H]1CO[C@H](CO)[C@H]1O. The van der Waals surface area contributed by atoms with Crippen LogP contribution in [0.2, 0.25) is 0 Å². The van der Waals surface area contributed by atoms with Gasteiger partial charge >= 0.3 is 0 Å². The van der Waals surface area contributed by atoms with Crippen LogP contribution in [0.4, 0.5) is 5.82 Å². The molecule has 0 saturated carbocycles. The molecule has 1 saturated heterocycles. The summed E-state index contributed by atoms with van der Waals surface area (Å²) in [5.41, 5.74) is 6.52. The monoisotopic (exact) mass is 376 g/mol. The maximum absolute atomic E-state index is 10.2. The molecule has 0 aliphatic carbocycles. The topological polar surface area (TPSA) is 106 Å². The van der Waals surface area contributed by atoms with Crippen LogP contribution in [0.15, 0.2) is 12.5 Å². The third kappa shape index (κ3) is 1.98. The first-order chi connectivity index (χ1) is 9.13. The predicted octanol–water partition coefficient (Wildman–Crippen LogP) is -0.0888. The minimum absolute atomic E-state index is 0.203. The summed E-state index contributed by atoms with van der Waals surface area (Å²) in [5.74, 6) is 0.417. The van der Waals surface area contributed by atoms with Crippen LogP contribution in [-0.4, -0.2) is 50.2 Å². The van der Waals surface area contributed by atoms with Crippen molar-refractivity contribution in [1.29, 1.82) is 0 Å². The van der Waals surface area contributed by atoms with Gasteiger partial charge in [-0.05, 0) is 22.6 Å². The Balaban J connectivity index is 2.09. The molecule has 2 aromatic heterocycles. The number of aliphatic hydroxyl groups is 2. The van der Waals surface area contributed by atoms with Gasteiger partial charge in [0.25, 0.3) is 0 Å². The van der Waals surface area contributed by atoms with E-state index in [1.807, 2.05) is 10.8 Å². The molecule has 0 unspecified atom stereocenters. The van der Waals surface area contributed by atoms with Gasteiger partial charge in [0.05, 0.1) is 24.6 Å². The van der Waals surface area contributed by atoms with Gasteiger partial charge in [-0.25, -0.2) is 9.97 Å². The number of nitrogen functional groups attached to an aromatic ring is 1. The molecule has 102 valence electrons. The number of anilines is 1. The Morgan fingerprint density at radius 3 is 3.00 bits per heavy atom. The van der Waals surface area contributed by atoms with Crippen molar-refractivity contribution in [3.8, 4) is 0 Å². The number of fused-ring (bicyclic) bond motifs is 1.